The Bertz CT molecular complexity index is 771. The molecule has 2 aliphatic rings. The van der Waals surface area contributed by atoms with Gasteiger partial charge in [0.2, 0.25) is 11.8 Å². The molecule has 0 bridgehead atoms. The van der Waals surface area contributed by atoms with Crippen molar-refractivity contribution >= 4 is 17.5 Å². The molecule has 2 aromatic rings. The van der Waals surface area contributed by atoms with Gasteiger partial charge in [-0.25, -0.2) is 4.90 Å². The third kappa shape index (κ3) is 2.54. The van der Waals surface area contributed by atoms with Gasteiger partial charge in [0.05, 0.1) is 30.3 Å². The van der Waals surface area contributed by atoms with E-state index in [0.717, 1.165) is 31.2 Å². The van der Waals surface area contributed by atoms with Gasteiger partial charge >= 0.3 is 0 Å². The standard InChI is InChI=1S/C19H21N3O2/c1-13-5-4-6-14(9-13)11-21-12-15(10-20-21)22-18(23)16-7-2-3-8-17(16)19(22)24/h4-6,9-10,12,16-17H,2-3,7-8,11H2,1H3/t16-,17-/m0/s1. The smallest absolute Gasteiger partial charge is 0.237 e. The minimum atomic E-state index is -0.119. The largest absolute Gasteiger partial charge is 0.274 e. The van der Waals surface area contributed by atoms with Crippen molar-refractivity contribution in [1.82, 2.24) is 9.78 Å². The molecule has 1 aromatic carbocycles. The quantitative estimate of drug-likeness (QED) is 0.816. The molecule has 0 spiro atoms. The predicted octanol–water partition coefficient (Wildman–Crippen LogP) is 2.92. The van der Waals surface area contributed by atoms with Crippen LogP contribution in [-0.2, 0) is 16.1 Å². The van der Waals surface area contributed by atoms with E-state index in [2.05, 4.69) is 30.2 Å². The molecular weight excluding hydrogens is 302 g/mol. The number of nitrogens with zero attached hydrogens (tertiary/aromatic N) is 3. The Morgan fingerprint density at radius 1 is 1.12 bits per heavy atom. The second kappa shape index (κ2) is 5.89. The summed E-state index contributed by atoms with van der Waals surface area (Å²) in [5, 5.41) is 4.34. The van der Waals surface area contributed by atoms with Gasteiger partial charge in [-0.1, -0.05) is 42.7 Å². The number of rotatable bonds is 3. The van der Waals surface area contributed by atoms with Gasteiger partial charge in [0.25, 0.3) is 0 Å². The van der Waals surface area contributed by atoms with Crippen LogP contribution in [-0.4, -0.2) is 21.6 Å². The van der Waals surface area contributed by atoms with Crippen molar-refractivity contribution in [1.29, 1.82) is 0 Å². The van der Waals surface area contributed by atoms with Crippen LogP contribution in [0.2, 0.25) is 0 Å². The summed E-state index contributed by atoms with van der Waals surface area (Å²) < 4.78 is 1.78. The Labute approximate surface area is 141 Å². The highest BCUT2D eigenvalue weighted by Gasteiger charge is 2.49. The first kappa shape index (κ1) is 15.1. The molecule has 2 heterocycles. The van der Waals surface area contributed by atoms with Crippen LogP contribution in [0.4, 0.5) is 5.69 Å². The average Bonchev–Trinajstić information content (AvgIpc) is 3.11. The molecule has 2 atom stereocenters. The Morgan fingerprint density at radius 2 is 1.83 bits per heavy atom. The van der Waals surface area contributed by atoms with E-state index in [0.29, 0.717) is 12.2 Å². The summed E-state index contributed by atoms with van der Waals surface area (Å²) in [7, 11) is 0. The number of fused-ring (bicyclic) bond motifs is 1. The van der Waals surface area contributed by atoms with E-state index < -0.39 is 0 Å². The molecule has 2 amide bonds. The highest BCUT2D eigenvalue weighted by atomic mass is 16.2. The van der Waals surface area contributed by atoms with Gasteiger partial charge in [-0.05, 0) is 25.3 Å². The van der Waals surface area contributed by atoms with Gasteiger partial charge in [0, 0.05) is 6.20 Å². The van der Waals surface area contributed by atoms with Crippen molar-refractivity contribution in [3.8, 4) is 0 Å². The lowest BCUT2D eigenvalue weighted by molar-refractivity contribution is -0.122. The van der Waals surface area contributed by atoms with Gasteiger partial charge < -0.3 is 0 Å². The number of benzene rings is 1. The molecule has 5 heteroatoms. The predicted molar refractivity (Wildman–Crippen MR) is 90.4 cm³/mol. The minimum absolute atomic E-state index is 0.0418. The number of aromatic nitrogens is 2. The van der Waals surface area contributed by atoms with Crippen LogP contribution < -0.4 is 4.90 Å². The SMILES string of the molecule is Cc1cccc(Cn2cc(N3C(=O)[C@H]4CCCC[C@@H]4C3=O)cn2)c1. The summed E-state index contributed by atoms with van der Waals surface area (Å²) in [6.45, 7) is 2.69. The molecule has 2 fully saturated rings. The maximum atomic E-state index is 12.6. The van der Waals surface area contributed by atoms with Crippen LogP contribution in [0.3, 0.4) is 0 Å². The monoisotopic (exact) mass is 323 g/mol. The number of hydrogen-bond donors (Lipinski definition) is 0. The van der Waals surface area contributed by atoms with Crippen LogP contribution in [0.15, 0.2) is 36.7 Å². The molecule has 24 heavy (non-hydrogen) atoms. The Balaban J connectivity index is 1.56. The molecule has 124 valence electrons. The van der Waals surface area contributed by atoms with Crippen molar-refractivity contribution < 1.29 is 9.59 Å². The molecule has 1 aromatic heterocycles. The maximum absolute atomic E-state index is 12.6. The zero-order chi connectivity index (χ0) is 16.7. The Hall–Kier alpha value is -2.43. The van der Waals surface area contributed by atoms with E-state index in [9.17, 15) is 9.59 Å². The minimum Gasteiger partial charge on any atom is -0.274 e. The summed E-state index contributed by atoms with van der Waals surface area (Å²) in [6.07, 6.45) is 7.19. The average molecular weight is 323 g/mol. The van der Waals surface area contributed by atoms with Gasteiger partial charge in [-0.15, -0.1) is 0 Å². The first-order valence-corrected chi connectivity index (χ1v) is 8.59. The van der Waals surface area contributed by atoms with Crippen LogP contribution in [0.25, 0.3) is 0 Å². The number of imide groups is 1. The first-order valence-electron chi connectivity index (χ1n) is 8.59. The fraction of sp³-hybridized carbons (Fsp3) is 0.421. The van der Waals surface area contributed by atoms with E-state index in [4.69, 9.17) is 0 Å². The first-order chi connectivity index (χ1) is 11.6. The number of carbonyl (C=O) groups excluding carboxylic acids is 2. The molecule has 0 unspecified atom stereocenters. The third-order valence-corrected chi connectivity index (χ3v) is 5.15. The summed E-state index contributed by atoms with van der Waals surface area (Å²) in [5.41, 5.74) is 2.96. The van der Waals surface area contributed by atoms with E-state index >= 15 is 0 Å². The van der Waals surface area contributed by atoms with E-state index in [1.807, 2.05) is 6.07 Å². The van der Waals surface area contributed by atoms with E-state index in [1.165, 1.54) is 10.5 Å². The van der Waals surface area contributed by atoms with E-state index in [1.54, 1.807) is 17.1 Å². The summed E-state index contributed by atoms with van der Waals surface area (Å²) in [4.78, 5) is 26.6. The molecule has 1 saturated heterocycles. The fourth-order valence-corrected chi connectivity index (χ4v) is 3.97. The fourth-order valence-electron chi connectivity index (χ4n) is 3.97. The topological polar surface area (TPSA) is 55.2 Å². The number of hydrogen-bond acceptors (Lipinski definition) is 3. The Kier molecular flexibility index (Phi) is 3.71. The third-order valence-electron chi connectivity index (χ3n) is 5.15. The van der Waals surface area contributed by atoms with Gasteiger partial charge in [0.15, 0.2) is 0 Å². The molecule has 4 rings (SSSR count). The second-order valence-corrected chi connectivity index (χ2v) is 6.89. The highest BCUT2D eigenvalue weighted by Crippen LogP contribution is 2.39. The molecule has 0 radical (unpaired) electrons. The lowest BCUT2D eigenvalue weighted by atomic mass is 9.81. The van der Waals surface area contributed by atoms with Crippen molar-refractivity contribution in [2.75, 3.05) is 4.90 Å². The van der Waals surface area contributed by atoms with Gasteiger partial charge in [0.1, 0.15) is 0 Å². The zero-order valence-electron chi connectivity index (χ0n) is 13.8. The van der Waals surface area contributed by atoms with Crippen molar-refractivity contribution in [2.24, 2.45) is 11.8 Å². The molecule has 1 aliphatic heterocycles. The maximum Gasteiger partial charge on any atom is 0.237 e. The van der Waals surface area contributed by atoms with Gasteiger partial charge in [-0.2, -0.15) is 5.10 Å². The molecule has 1 aliphatic carbocycles. The summed E-state index contributed by atoms with van der Waals surface area (Å²) in [6, 6.07) is 8.24. The van der Waals surface area contributed by atoms with Gasteiger partial charge in [-0.3, -0.25) is 14.3 Å². The molecule has 0 N–H and O–H groups in total. The molecule has 5 nitrogen and oxygen atoms in total. The van der Waals surface area contributed by atoms with Crippen LogP contribution in [0, 0.1) is 18.8 Å². The van der Waals surface area contributed by atoms with Crippen LogP contribution >= 0.6 is 0 Å². The van der Waals surface area contributed by atoms with Crippen molar-refractivity contribution in [3.05, 3.63) is 47.8 Å². The lowest BCUT2D eigenvalue weighted by Crippen LogP contribution is -2.30. The number of carbonyl (C=O) groups is 2. The number of amides is 2. The second-order valence-electron chi connectivity index (χ2n) is 6.89. The molecule has 1 saturated carbocycles. The number of aryl methyl sites for hydroxylation is 1. The zero-order valence-corrected chi connectivity index (χ0v) is 13.8. The van der Waals surface area contributed by atoms with E-state index in [-0.39, 0.29) is 23.7 Å². The summed E-state index contributed by atoms with van der Waals surface area (Å²) in [5.74, 6) is -0.322. The Morgan fingerprint density at radius 3 is 2.50 bits per heavy atom. The lowest BCUT2D eigenvalue weighted by Gasteiger charge is -2.19. The van der Waals surface area contributed by atoms with Crippen LogP contribution in [0.1, 0.15) is 36.8 Å². The normalized spacial score (nSPS) is 23.6. The van der Waals surface area contributed by atoms with Crippen molar-refractivity contribution in [2.45, 2.75) is 39.2 Å². The summed E-state index contributed by atoms with van der Waals surface area (Å²) >= 11 is 0. The number of anilines is 1. The highest BCUT2D eigenvalue weighted by molar-refractivity contribution is 6.21. The molecular formula is C19H21N3O2. The van der Waals surface area contributed by atoms with Crippen LogP contribution in [0.5, 0.6) is 0 Å². The van der Waals surface area contributed by atoms with Crippen molar-refractivity contribution in [3.63, 3.8) is 0 Å².